The number of aryl methyl sites for hydroxylation is 6. The fourth-order valence-corrected chi connectivity index (χ4v) is 15.6. The molecule has 27 heteroatoms. The maximum Gasteiger partial charge on any atom is 0.336 e. The van der Waals surface area contributed by atoms with Crippen LogP contribution in [0.25, 0.3) is 100.0 Å². The van der Waals surface area contributed by atoms with Gasteiger partial charge in [0, 0.05) is 38.5 Å². The maximum atomic E-state index is 12.5. The monoisotopic (exact) mass is 1590 g/mol. The number of fused-ring (bicyclic) bond motifs is 6. The predicted octanol–water partition coefficient (Wildman–Crippen LogP) is 18.5. The number of carboxylic acids is 3. The molecule has 0 aliphatic carbocycles. The Morgan fingerprint density at radius 2 is 0.658 bits per heavy atom. The van der Waals surface area contributed by atoms with Crippen molar-refractivity contribution >= 4 is 119 Å². The van der Waals surface area contributed by atoms with E-state index < -0.39 is 66.3 Å². The number of aromatic nitrogens is 3. The highest BCUT2D eigenvalue weighted by Crippen LogP contribution is 2.43. The van der Waals surface area contributed by atoms with Gasteiger partial charge in [-0.25, -0.2) is 64.0 Å². The zero-order valence-corrected chi connectivity index (χ0v) is 66.3. The summed E-state index contributed by atoms with van der Waals surface area (Å²) in [6.45, 7) is 16.8. The van der Waals surface area contributed by atoms with Crippen LogP contribution in [0.5, 0.6) is 17.2 Å². The molecule has 0 fully saturated rings. The highest BCUT2D eigenvalue weighted by Gasteiger charge is 2.28. The quantitative estimate of drug-likeness (QED) is 0.0389. The van der Waals surface area contributed by atoms with Crippen molar-refractivity contribution in [2.75, 3.05) is 25.1 Å². The van der Waals surface area contributed by atoms with Gasteiger partial charge in [0.1, 0.15) is 69.4 Å². The van der Waals surface area contributed by atoms with E-state index in [9.17, 15) is 55.0 Å². The maximum absolute atomic E-state index is 12.5. The molecule has 0 bridgehead atoms. The number of sulfonamides is 3. The van der Waals surface area contributed by atoms with Gasteiger partial charge in [0.05, 0.1) is 65.4 Å². The number of furan rings is 3. The van der Waals surface area contributed by atoms with Crippen molar-refractivity contribution in [3.8, 4) is 51.6 Å². The van der Waals surface area contributed by atoms with E-state index in [-0.39, 0.29) is 26.5 Å². The van der Waals surface area contributed by atoms with Crippen LogP contribution in [0.1, 0.15) is 120 Å². The van der Waals surface area contributed by atoms with E-state index in [0.717, 1.165) is 72.5 Å². The highest BCUT2D eigenvalue weighted by atomic mass is 32.2. The van der Waals surface area contributed by atoms with Crippen LogP contribution in [0.3, 0.4) is 0 Å². The molecule has 114 heavy (non-hydrogen) atoms. The molecule has 0 radical (unpaired) electrons. The highest BCUT2D eigenvalue weighted by molar-refractivity contribution is 7.92. The molecule has 0 unspecified atom stereocenters. The SMILES string of the molecule is CNS(=O)(=O)c1ccc([C@@H](C)Oc2ccc(C)c3nc(-c4oc5ccccc5c4C)cc(C(=O)O)c23)cc1.CNS(=O)(=O)c1ccc([C@H](C)Oc2ccc(C)c3nc(-c4oc5ccccc5c4C)cc(C(=O)O)c23)cc1.Cc1c(-c2cc(C(=O)O)c3c(O[C@H](C)c4ccc(NS(C)(=O)=O)cc4)ccc(C)c3n2)oc2ccccc12. The second-order valence-corrected chi connectivity index (χ2v) is 32.9. The molecule has 15 aromatic rings. The summed E-state index contributed by atoms with van der Waals surface area (Å²) < 4.78 is 115. The van der Waals surface area contributed by atoms with Crippen molar-refractivity contribution in [1.29, 1.82) is 0 Å². The Morgan fingerprint density at radius 1 is 0.386 bits per heavy atom. The van der Waals surface area contributed by atoms with Crippen LogP contribution in [0.4, 0.5) is 5.69 Å². The molecule has 6 N–H and O–H groups in total. The summed E-state index contributed by atoms with van der Waals surface area (Å²) in [5, 5.41) is 34.6. The number of rotatable bonds is 21. The van der Waals surface area contributed by atoms with E-state index >= 15 is 0 Å². The number of nitrogens with zero attached hydrogens (tertiary/aromatic N) is 3. The molecule has 6 aromatic heterocycles. The van der Waals surface area contributed by atoms with Gasteiger partial charge < -0.3 is 42.8 Å². The Bertz CT molecular complexity index is 6430. The van der Waals surface area contributed by atoms with E-state index in [2.05, 4.69) is 14.2 Å². The Hall–Kier alpha value is -12.8. The zero-order valence-electron chi connectivity index (χ0n) is 63.8. The topological polar surface area (TPSA) is 356 Å². The lowest BCUT2D eigenvalue weighted by Gasteiger charge is -2.19. The molecule has 0 amide bonds. The van der Waals surface area contributed by atoms with Crippen LogP contribution in [-0.2, 0) is 30.1 Å². The first kappa shape index (κ1) is 79.3. The summed E-state index contributed by atoms with van der Waals surface area (Å²) in [6, 6.07) is 57.7. The molecule has 0 aliphatic rings. The predicted molar refractivity (Wildman–Crippen MR) is 438 cm³/mol. The summed E-state index contributed by atoms with van der Waals surface area (Å²) >= 11 is 0. The lowest BCUT2D eigenvalue weighted by atomic mass is 10.0. The second kappa shape index (κ2) is 31.8. The zero-order chi connectivity index (χ0) is 81.6. The summed E-state index contributed by atoms with van der Waals surface area (Å²) in [5.74, 6) is -0.657. The van der Waals surface area contributed by atoms with Crippen molar-refractivity contribution in [2.24, 2.45) is 0 Å². The summed E-state index contributed by atoms with van der Waals surface area (Å²) in [4.78, 5) is 52.1. The molecule has 3 atom stereocenters. The van der Waals surface area contributed by atoms with Crippen molar-refractivity contribution in [1.82, 2.24) is 24.4 Å². The number of anilines is 1. The van der Waals surface area contributed by atoms with Crippen LogP contribution in [0.2, 0.25) is 0 Å². The van der Waals surface area contributed by atoms with Crippen molar-refractivity contribution < 1.29 is 82.4 Å². The van der Waals surface area contributed by atoms with Gasteiger partial charge in [-0.1, -0.05) is 109 Å². The van der Waals surface area contributed by atoms with Crippen LogP contribution in [0, 0.1) is 41.5 Å². The number of aromatic carboxylic acids is 3. The average Bonchev–Trinajstić information content (AvgIpc) is 1.33. The lowest BCUT2D eigenvalue weighted by molar-refractivity contribution is 0.0687. The second-order valence-electron chi connectivity index (χ2n) is 27.4. The minimum absolute atomic E-state index is 0.0474. The van der Waals surface area contributed by atoms with E-state index in [1.54, 1.807) is 66.7 Å². The average molecular weight is 1590 g/mol. The fraction of sp³-hybridized carbons (Fsp3) is 0.172. The molecule has 6 heterocycles. The third-order valence-corrected chi connectivity index (χ3v) is 23.2. The van der Waals surface area contributed by atoms with E-state index in [1.165, 1.54) is 56.6 Å². The minimum Gasteiger partial charge on any atom is -0.485 e. The van der Waals surface area contributed by atoms with E-state index in [0.29, 0.717) is 107 Å². The van der Waals surface area contributed by atoms with E-state index in [4.69, 9.17) is 42.4 Å². The van der Waals surface area contributed by atoms with Crippen molar-refractivity contribution in [3.63, 3.8) is 0 Å². The molecule has 0 spiro atoms. The molecule has 0 saturated heterocycles. The van der Waals surface area contributed by atoms with Crippen LogP contribution in [-0.4, -0.2) is 93.8 Å². The van der Waals surface area contributed by atoms with Crippen molar-refractivity contribution in [2.45, 2.75) is 90.4 Å². The van der Waals surface area contributed by atoms with Crippen LogP contribution in [0.15, 0.2) is 223 Å². The number of carboxylic acid groups (broad SMARTS) is 3. The van der Waals surface area contributed by atoms with Gasteiger partial charge in [-0.05, 0) is 201 Å². The standard InChI is InChI=1S/3C29H26N2O6S/c1-16-9-14-25(36-18(3)19-10-12-20(13-11-19)31-38(4,34)35)26-22(29(32)33)15-23(30-27(16)26)28-17(2)21-7-5-6-8-24(21)37-28;2*1-16-9-14-25(36-18(3)19-10-12-20(13-11-19)38(34,35)30-4)26-22(29(32)33)15-23(31-27(16)26)28-17(2)21-7-5-6-8-24(21)37-28/h5-15,18,31H,1-4H3,(H,32,33);2*5-15,18,30H,1-4H3,(H,32,33)/t3*18-/m110/s1. The number of benzene rings is 9. The Balaban J connectivity index is 0.000000149. The largest absolute Gasteiger partial charge is 0.485 e. The van der Waals surface area contributed by atoms with E-state index in [1.807, 2.05) is 153 Å². The molecule has 0 saturated carbocycles. The third kappa shape index (κ3) is 16.0. The van der Waals surface area contributed by atoms with Gasteiger partial charge in [-0.15, -0.1) is 0 Å². The van der Waals surface area contributed by atoms with Gasteiger partial charge in [0.25, 0.3) is 0 Å². The summed E-state index contributed by atoms with van der Waals surface area (Å²) in [7, 11) is -7.80. The third-order valence-electron chi connectivity index (χ3n) is 19.7. The first-order valence-corrected chi connectivity index (χ1v) is 40.7. The van der Waals surface area contributed by atoms with Gasteiger partial charge in [-0.2, -0.15) is 0 Å². The molecule has 24 nitrogen and oxygen atoms in total. The van der Waals surface area contributed by atoms with Crippen LogP contribution < -0.4 is 28.4 Å². The number of pyridine rings is 3. The lowest BCUT2D eigenvalue weighted by Crippen LogP contribution is -2.18. The Labute approximate surface area is 656 Å². The number of hydrogen-bond donors (Lipinski definition) is 6. The van der Waals surface area contributed by atoms with Crippen molar-refractivity contribution in [3.05, 3.63) is 267 Å². The van der Waals surface area contributed by atoms with Gasteiger partial charge in [-0.3, -0.25) is 4.72 Å². The van der Waals surface area contributed by atoms with Crippen LogP contribution >= 0.6 is 0 Å². The molecule has 0 aliphatic heterocycles. The molecule has 15 rings (SSSR count). The minimum atomic E-state index is -3.56. The molecule has 9 aromatic carbocycles. The fourth-order valence-electron chi connectivity index (χ4n) is 13.6. The normalized spacial score (nSPS) is 12.6. The first-order chi connectivity index (χ1) is 54.2. The molecular formula is C87H78N6O18S3. The number of hydrogen-bond acceptors (Lipinski definition) is 18. The molecule has 582 valence electrons. The van der Waals surface area contributed by atoms with Gasteiger partial charge in [0.2, 0.25) is 30.1 Å². The smallest absolute Gasteiger partial charge is 0.336 e. The number of carbonyl (C=O) groups is 3. The van der Waals surface area contributed by atoms with Gasteiger partial charge >= 0.3 is 17.9 Å². The summed E-state index contributed by atoms with van der Waals surface area (Å²) in [6.07, 6.45) is -0.353. The number of ether oxygens (including phenoxy) is 3. The Kier molecular flexibility index (Phi) is 22.1. The number of para-hydroxylation sites is 3. The first-order valence-electron chi connectivity index (χ1n) is 35.9. The number of nitrogens with one attached hydrogen (secondary N) is 3. The van der Waals surface area contributed by atoms with Gasteiger partial charge in [0.15, 0.2) is 17.3 Å². The Morgan fingerprint density at radius 3 is 0.912 bits per heavy atom. The molecular weight excluding hydrogens is 1510 g/mol. The summed E-state index contributed by atoms with van der Waals surface area (Å²) in [5.41, 5.74) is 12.8.